The normalized spacial score (nSPS) is 13.3. The van der Waals surface area contributed by atoms with Gasteiger partial charge in [-0.3, -0.25) is 4.79 Å². The van der Waals surface area contributed by atoms with E-state index < -0.39 is 12.0 Å². The molecule has 7 heteroatoms. The van der Waals surface area contributed by atoms with Crippen molar-refractivity contribution in [3.8, 4) is 16.2 Å². The predicted molar refractivity (Wildman–Crippen MR) is 119 cm³/mol. The number of primary amides is 1. The Balaban J connectivity index is 1.44. The Kier molecular flexibility index (Phi) is 5.83. The summed E-state index contributed by atoms with van der Waals surface area (Å²) in [5.74, 6) is 0.185. The summed E-state index contributed by atoms with van der Waals surface area (Å²) in [6, 6.07) is 18.3. The SMILES string of the molecule is CC(O)C(CCOc1cccc(-c2cc3ccccc3s2)c1)n1cnc(C(N)=O)c1. The molecule has 2 aromatic carbocycles. The highest BCUT2D eigenvalue weighted by atomic mass is 32.1. The second kappa shape index (κ2) is 8.69. The van der Waals surface area contributed by atoms with Crippen LogP contribution in [0.3, 0.4) is 0 Å². The summed E-state index contributed by atoms with van der Waals surface area (Å²) in [5.41, 5.74) is 6.56. The lowest BCUT2D eigenvalue weighted by Gasteiger charge is -2.21. The van der Waals surface area contributed by atoms with Gasteiger partial charge in [-0.05, 0) is 42.1 Å². The number of carbonyl (C=O) groups excluding carboxylic acids is 1. The Labute approximate surface area is 178 Å². The van der Waals surface area contributed by atoms with Crippen molar-refractivity contribution in [2.75, 3.05) is 6.61 Å². The zero-order valence-electron chi connectivity index (χ0n) is 16.6. The summed E-state index contributed by atoms with van der Waals surface area (Å²) in [7, 11) is 0. The van der Waals surface area contributed by atoms with Crippen molar-refractivity contribution in [2.24, 2.45) is 5.73 Å². The van der Waals surface area contributed by atoms with E-state index in [1.807, 2.05) is 30.3 Å². The van der Waals surface area contributed by atoms with Gasteiger partial charge in [-0.2, -0.15) is 0 Å². The van der Waals surface area contributed by atoms with Crippen molar-refractivity contribution in [2.45, 2.75) is 25.5 Å². The van der Waals surface area contributed by atoms with Crippen molar-refractivity contribution in [3.05, 3.63) is 72.8 Å². The second-order valence-electron chi connectivity index (χ2n) is 7.19. The minimum absolute atomic E-state index is 0.178. The third-order valence-corrected chi connectivity index (χ3v) is 6.19. The Bertz CT molecular complexity index is 1130. The number of aliphatic hydroxyl groups excluding tert-OH is 1. The van der Waals surface area contributed by atoms with Gasteiger partial charge in [0.15, 0.2) is 0 Å². The molecule has 2 atom stereocenters. The van der Waals surface area contributed by atoms with Crippen molar-refractivity contribution in [1.29, 1.82) is 0 Å². The first-order valence-electron chi connectivity index (χ1n) is 9.74. The molecular formula is C23H23N3O3S. The molecule has 4 aromatic rings. The van der Waals surface area contributed by atoms with E-state index in [4.69, 9.17) is 10.5 Å². The van der Waals surface area contributed by atoms with Gasteiger partial charge in [0.1, 0.15) is 11.4 Å². The largest absolute Gasteiger partial charge is 0.493 e. The fourth-order valence-electron chi connectivity index (χ4n) is 3.45. The summed E-state index contributed by atoms with van der Waals surface area (Å²) < 4.78 is 8.94. The number of nitrogens with two attached hydrogens (primary N) is 1. The van der Waals surface area contributed by atoms with Crippen molar-refractivity contribution in [1.82, 2.24) is 9.55 Å². The van der Waals surface area contributed by atoms with E-state index in [-0.39, 0.29) is 11.7 Å². The van der Waals surface area contributed by atoms with E-state index in [1.54, 1.807) is 29.0 Å². The third kappa shape index (κ3) is 4.37. The molecule has 2 unspecified atom stereocenters. The number of ether oxygens (including phenoxy) is 1. The molecule has 154 valence electrons. The Morgan fingerprint density at radius 1 is 1.23 bits per heavy atom. The highest BCUT2D eigenvalue weighted by molar-refractivity contribution is 7.22. The summed E-state index contributed by atoms with van der Waals surface area (Å²) in [5, 5.41) is 11.4. The van der Waals surface area contributed by atoms with Crippen LogP contribution >= 0.6 is 11.3 Å². The molecule has 0 radical (unpaired) electrons. The van der Waals surface area contributed by atoms with E-state index in [0.29, 0.717) is 13.0 Å². The van der Waals surface area contributed by atoms with Crippen LogP contribution in [0.15, 0.2) is 67.1 Å². The predicted octanol–water partition coefficient (Wildman–Crippen LogP) is 4.25. The summed E-state index contributed by atoms with van der Waals surface area (Å²) in [6.07, 6.45) is 2.99. The molecule has 6 nitrogen and oxygen atoms in total. The second-order valence-corrected chi connectivity index (χ2v) is 8.28. The summed E-state index contributed by atoms with van der Waals surface area (Å²) >= 11 is 1.76. The summed E-state index contributed by atoms with van der Waals surface area (Å²) in [6.45, 7) is 2.12. The smallest absolute Gasteiger partial charge is 0.268 e. The van der Waals surface area contributed by atoms with Gasteiger partial charge in [-0.25, -0.2) is 4.98 Å². The number of imidazole rings is 1. The molecule has 1 amide bonds. The number of hydrogen-bond donors (Lipinski definition) is 2. The Morgan fingerprint density at radius 2 is 2.07 bits per heavy atom. The monoisotopic (exact) mass is 421 g/mol. The van der Waals surface area contributed by atoms with Crippen LogP contribution in [0, 0.1) is 0 Å². The standard InChI is InChI=1S/C23H23N3O3S/c1-15(27)20(26-13-19(23(24)28)25-14-26)9-10-29-18-7-4-6-16(11-18)22-12-17-5-2-3-8-21(17)30-22/h2-8,11-15,20,27H,9-10H2,1H3,(H2,24,28). The zero-order valence-corrected chi connectivity index (χ0v) is 17.4. The summed E-state index contributed by atoms with van der Waals surface area (Å²) in [4.78, 5) is 16.5. The van der Waals surface area contributed by atoms with Gasteiger partial charge >= 0.3 is 0 Å². The van der Waals surface area contributed by atoms with E-state index >= 15 is 0 Å². The molecule has 4 rings (SSSR count). The van der Waals surface area contributed by atoms with Gasteiger partial charge in [0.05, 0.1) is 25.1 Å². The van der Waals surface area contributed by atoms with Crippen LogP contribution in [-0.2, 0) is 0 Å². The lowest BCUT2D eigenvalue weighted by Crippen LogP contribution is -2.23. The quantitative estimate of drug-likeness (QED) is 0.445. The molecule has 0 saturated heterocycles. The molecule has 30 heavy (non-hydrogen) atoms. The van der Waals surface area contributed by atoms with Gasteiger partial charge in [-0.15, -0.1) is 11.3 Å². The van der Waals surface area contributed by atoms with Gasteiger partial charge in [0, 0.05) is 22.2 Å². The van der Waals surface area contributed by atoms with Crippen molar-refractivity contribution >= 4 is 27.3 Å². The fraction of sp³-hybridized carbons (Fsp3) is 0.217. The first-order chi connectivity index (χ1) is 14.5. The van der Waals surface area contributed by atoms with Gasteiger partial charge in [-0.1, -0.05) is 30.3 Å². The van der Waals surface area contributed by atoms with Gasteiger partial charge in [0.2, 0.25) is 0 Å². The number of amides is 1. The maximum atomic E-state index is 11.3. The maximum Gasteiger partial charge on any atom is 0.268 e. The molecule has 2 heterocycles. The average molecular weight is 422 g/mol. The minimum Gasteiger partial charge on any atom is -0.493 e. The van der Waals surface area contributed by atoms with Crippen LogP contribution in [0.4, 0.5) is 0 Å². The highest BCUT2D eigenvalue weighted by Crippen LogP contribution is 2.34. The van der Waals surface area contributed by atoms with Crippen LogP contribution in [0.2, 0.25) is 0 Å². The van der Waals surface area contributed by atoms with E-state index in [0.717, 1.165) is 11.3 Å². The molecule has 0 fully saturated rings. The number of hydrogen-bond acceptors (Lipinski definition) is 5. The third-order valence-electron chi connectivity index (χ3n) is 5.02. The van der Waals surface area contributed by atoms with E-state index in [2.05, 4.69) is 29.2 Å². The molecule has 0 aliphatic heterocycles. The van der Waals surface area contributed by atoms with Crippen LogP contribution in [0.1, 0.15) is 29.9 Å². The molecule has 0 aliphatic rings. The lowest BCUT2D eigenvalue weighted by atomic mass is 10.1. The average Bonchev–Trinajstić information content (AvgIpc) is 3.38. The molecule has 0 aliphatic carbocycles. The van der Waals surface area contributed by atoms with Crippen LogP contribution in [0.25, 0.3) is 20.5 Å². The number of aliphatic hydroxyl groups is 1. The number of carbonyl (C=O) groups is 1. The van der Waals surface area contributed by atoms with E-state index in [9.17, 15) is 9.90 Å². The first kappa shape index (κ1) is 20.1. The van der Waals surface area contributed by atoms with E-state index in [1.165, 1.54) is 21.3 Å². The number of benzene rings is 2. The van der Waals surface area contributed by atoms with Crippen LogP contribution < -0.4 is 10.5 Å². The minimum atomic E-state index is -0.631. The Hall–Kier alpha value is -3.16. The zero-order chi connectivity index (χ0) is 21.1. The van der Waals surface area contributed by atoms with Crippen molar-refractivity contribution in [3.63, 3.8) is 0 Å². The molecule has 0 spiro atoms. The molecule has 2 aromatic heterocycles. The van der Waals surface area contributed by atoms with Crippen LogP contribution in [-0.4, -0.2) is 33.3 Å². The van der Waals surface area contributed by atoms with Crippen LogP contribution in [0.5, 0.6) is 5.75 Å². The number of aromatic nitrogens is 2. The maximum absolute atomic E-state index is 11.3. The molecule has 0 saturated carbocycles. The highest BCUT2D eigenvalue weighted by Gasteiger charge is 2.19. The van der Waals surface area contributed by atoms with Crippen molar-refractivity contribution < 1.29 is 14.6 Å². The Morgan fingerprint density at radius 3 is 2.80 bits per heavy atom. The first-order valence-corrected chi connectivity index (χ1v) is 10.6. The number of thiophene rings is 1. The fourth-order valence-corrected chi connectivity index (χ4v) is 4.50. The lowest BCUT2D eigenvalue weighted by molar-refractivity contribution is 0.0993. The van der Waals surface area contributed by atoms with Gasteiger partial charge < -0.3 is 20.1 Å². The van der Waals surface area contributed by atoms with Gasteiger partial charge in [0.25, 0.3) is 5.91 Å². The molecule has 3 N–H and O–H groups in total. The topological polar surface area (TPSA) is 90.4 Å². The number of nitrogens with zero attached hydrogens (tertiary/aromatic N) is 2. The molecular weight excluding hydrogens is 398 g/mol. The number of rotatable bonds is 8. The number of fused-ring (bicyclic) bond motifs is 1. The molecule has 0 bridgehead atoms.